The van der Waals surface area contributed by atoms with Crippen molar-refractivity contribution in [1.82, 2.24) is 14.9 Å². The van der Waals surface area contributed by atoms with Gasteiger partial charge in [-0.25, -0.2) is 4.98 Å². The lowest BCUT2D eigenvalue weighted by Crippen LogP contribution is -2.28. The Balaban J connectivity index is 1.80. The summed E-state index contributed by atoms with van der Waals surface area (Å²) in [6, 6.07) is 2.73. The molecule has 0 spiro atoms. The van der Waals surface area contributed by atoms with Crippen LogP contribution in [0.15, 0.2) is 24.0 Å². The molecule has 1 unspecified atom stereocenters. The van der Waals surface area contributed by atoms with Crippen molar-refractivity contribution in [3.8, 4) is 0 Å². The van der Waals surface area contributed by atoms with E-state index in [1.165, 1.54) is 35.4 Å². The molecule has 3 nitrogen and oxygen atoms in total. The Morgan fingerprint density at radius 1 is 1.47 bits per heavy atom. The fourth-order valence-corrected chi connectivity index (χ4v) is 3.81. The standard InChI is InChI=1S/C15H21N3S/c1-2-12-6-8-19-15(12)10-18-11-16-9-14(18)13-5-3-4-7-17-13/h6,8-9,11,13,17H,2-5,7,10H2,1H3. The molecule has 1 aliphatic rings. The van der Waals surface area contributed by atoms with Gasteiger partial charge >= 0.3 is 0 Å². The molecule has 19 heavy (non-hydrogen) atoms. The van der Waals surface area contributed by atoms with Crippen molar-refractivity contribution in [3.05, 3.63) is 40.1 Å². The van der Waals surface area contributed by atoms with Crippen molar-refractivity contribution in [2.75, 3.05) is 6.54 Å². The quantitative estimate of drug-likeness (QED) is 0.927. The summed E-state index contributed by atoms with van der Waals surface area (Å²) in [5.41, 5.74) is 2.82. The van der Waals surface area contributed by atoms with Crippen molar-refractivity contribution in [2.45, 2.75) is 45.2 Å². The van der Waals surface area contributed by atoms with Gasteiger partial charge < -0.3 is 9.88 Å². The number of imidazole rings is 1. The summed E-state index contributed by atoms with van der Waals surface area (Å²) in [7, 11) is 0. The molecule has 3 rings (SSSR count). The van der Waals surface area contributed by atoms with E-state index in [2.05, 4.69) is 33.2 Å². The normalized spacial score (nSPS) is 19.7. The summed E-state index contributed by atoms with van der Waals surface area (Å²) < 4.78 is 2.31. The Labute approximate surface area is 118 Å². The molecule has 0 saturated carbocycles. The smallest absolute Gasteiger partial charge is 0.0952 e. The number of aromatic nitrogens is 2. The van der Waals surface area contributed by atoms with Crippen molar-refractivity contribution < 1.29 is 0 Å². The summed E-state index contributed by atoms with van der Waals surface area (Å²) in [4.78, 5) is 5.83. The van der Waals surface area contributed by atoms with Gasteiger partial charge in [0.25, 0.3) is 0 Å². The molecule has 0 amide bonds. The van der Waals surface area contributed by atoms with E-state index < -0.39 is 0 Å². The van der Waals surface area contributed by atoms with Gasteiger partial charge in [-0.1, -0.05) is 13.3 Å². The number of nitrogens with one attached hydrogen (secondary N) is 1. The van der Waals surface area contributed by atoms with E-state index in [9.17, 15) is 0 Å². The summed E-state index contributed by atoms with van der Waals surface area (Å²) >= 11 is 1.86. The van der Waals surface area contributed by atoms with Gasteiger partial charge in [-0.15, -0.1) is 11.3 Å². The van der Waals surface area contributed by atoms with Crippen molar-refractivity contribution >= 4 is 11.3 Å². The van der Waals surface area contributed by atoms with Crippen LogP contribution in [0.2, 0.25) is 0 Å². The molecule has 3 heterocycles. The number of thiophene rings is 1. The van der Waals surface area contributed by atoms with Gasteiger partial charge in [-0.05, 0) is 42.8 Å². The van der Waals surface area contributed by atoms with Crippen molar-refractivity contribution in [1.29, 1.82) is 0 Å². The molecule has 0 aromatic carbocycles. The zero-order chi connectivity index (χ0) is 13.1. The Morgan fingerprint density at radius 3 is 3.21 bits per heavy atom. The van der Waals surface area contributed by atoms with Crippen LogP contribution in [0.3, 0.4) is 0 Å². The van der Waals surface area contributed by atoms with Crippen LogP contribution >= 0.6 is 11.3 Å². The molecular weight excluding hydrogens is 254 g/mol. The lowest BCUT2D eigenvalue weighted by molar-refractivity contribution is 0.396. The molecule has 1 atom stereocenters. The number of nitrogens with zero attached hydrogens (tertiary/aromatic N) is 2. The van der Waals surface area contributed by atoms with Gasteiger partial charge in [0.2, 0.25) is 0 Å². The highest BCUT2D eigenvalue weighted by Gasteiger charge is 2.18. The monoisotopic (exact) mass is 275 g/mol. The summed E-state index contributed by atoms with van der Waals surface area (Å²) in [6.45, 7) is 4.33. The minimum absolute atomic E-state index is 0.487. The third kappa shape index (κ3) is 2.74. The molecule has 1 aliphatic heterocycles. The minimum Gasteiger partial charge on any atom is -0.328 e. The maximum absolute atomic E-state index is 4.36. The average Bonchev–Trinajstić information content (AvgIpc) is 3.09. The topological polar surface area (TPSA) is 29.9 Å². The SMILES string of the molecule is CCc1ccsc1Cn1cncc1C1CCCCN1. The predicted molar refractivity (Wildman–Crippen MR) is 79.6 cm³/mol. The van der Waals surface area contributed by atoms with E-state index in [1.54, 1.807) is 0 Å². The van der Waals surface area contributed by atoms with Crippen LogP contribution in [0.5, 0.6) is 0 Å². The van der Waals surface area contributed by atoms with Gasteiger partial charge in [0.1, 0.15) is 0 Å². The molecule has 2 aromatic heterocycles. The number of aryl methyl sites for hydroxylation is 1. The number of rotatable bonds is 4. The largest absolute Gasteiger partial charge is 0.328 e. The first-order valence-corrected chi connectivity index (χ1v) is 8.05. The Kier molecular flexibility index (Phi) is 3.99. The Bertz CT molecular complexity index is 523. The van der Waals surface area contributed by atoms with E-state index in [-0.39, 0.29) is 0 Å². The first kappa shape index (κ1) is 12.9. The van der Waals surface area contributed by atoms with Crippen LogP contribution in [0.4, 0.5) is 0 Å². The van der Waals surface area contributed by atoms with E-state index in [4.69, 9.17) is 0 Å². The predicted octanol–water partition coefficient (Wildman–Crippen LogP) is 3.37. The number of piperidine rings is 1. The molecule has 4 heteroatoms. The second kappa shape index (κ2) is 5.88. The van der Waals surface area contributed by atoms with E-state index >= 15 is 0 Å². The van der Waals surface area contributed by atoms with Crippen molar-refractivity contribution in [3.63, 3.8) is 0 Å². The van der Waals surface area contributed by atoms with Gasteiger partial charge in [0.15, 0.2) is 0 Å². The number of hydrogen-bond acceptors (Lipinski definition) is 3. The summed E-state index contributed by atoms with van der Waals surface area (Å²) in [5, 5.41) is 5.81. The molecule has 0 aliphatic carbocycles. The molecule has 0 radical (unpaired) electrons. The van der Waals surface area contributed by atoms with Crippen LogP contribution in [-0.4, -0.2) is 16.1 Å². The van der Waals surface area contributed by atoms with E-state index in [0.29, 0.717) is 6.04 Å². The fourth-order valence-electron chi connectivity index (χ4n) is 2.83. The molecule has 102 valence electrons. The Morgan fingerprint density at radius 2 is 2.42 bits per heavy atom. The second-order valence-electron chi connectivity index (χ2n) is 5.17. The lowest BCUT2D eigenvalue weighted by atomic mass is 10.0. The highest BCUT2D eigenvalue weighted by Crippen LogP contribution is 2.25. The maximum atomic E-state index is 4.36. The van der Waals surface area contributed by atoms with Crippen LogP contribution in [0.1, 0.15) is 48.4 Å². The Hall–Kier alpha value is -1.13. The highest BCUT2D eigenvalue weighted by molar-refractivity contribution is 7.10. The van der Waals surface area contributed by atoms with Crippen LogP contribution in [-0.2, 0) is 13.0 Å². The zero-order valence-corrected chi connectivity index (χ0v) is 12.2. The second-order valence-corrected chi connectivity index (χ2v) is 6.17. The summed E-state index contributed by atoms with van der Waals surface area (Å²) in [6.07, 6.45) is 8.98. The summed E-state index contributed by atoms with van der Waals surface area (Å²) in [5.74, 6) is 0. The molecule has 1 saturated heterocycles. The van der Waals surface area contributed by atoms with Gasteiger partial charge in [0.05, 0.1) is 18.6 Å². The molecule has 0 bridgehead atoms. The first-order valence-electron chi connectivity index (χ1n) is 7.17. The molecule has 2 aromatic rings. The lowest BCUT2D eigenvalue weighted by Gasteiger charge is -2.24. The first-order chi connectivity index (χ1) is 9.38. The highest BCUT2D eigenvalue weighted by atomic mass is 32.1. The average molecular weight is 275 g/mol. The van der Waals surface area contributed by atoms with Crippen LogP contribution < -0.4 is 5.32 Å². The number of hydrogen-bond donors (Lipinski definition) is 1. The van der Waals surface area contributed by atoms with E-state index in [0.717, 1.165) is 19.5 Å². The maximum Gasteiger partial charge on any atom is 0.0952 e. The van der Waals surface area contributed by atoms with Crippen LogP contribution in [0, 0.1) is 0 Å². The minimum atomic E-state index is 0.487. The van der Waals surface area contributed by atoms with Crippen LogP contribution in [0.25, 0.3) is 0 Å². The molecule has 1 fully saturated rings. The van der Waals surface area contributed by atoms with Gasteiger partial charge in [-0.3, -0.25) is 0 Å². The molecular formula is C15H21N3S. The third-order valence-corrected chi connectivity index (χ3v) is 4.89. The van der Waals surface area contributed by atoms with E-state index in [1.807, 2.05) is 23.9 Å². The van der Waals surface area contributed by atoms with Crippen molar-refractivity contribution in [2.24, 2.45) is 0 Å². The van der Waals surface area contributed by atoms with Gasteiger partial charge in [0, 0.05) is 17.1 Å². The van der Waals surface area contributed by atoms with Gasteiger partial charge in [-0.2, -0.15) is 0 Å². The zero-order valence-electron chi connectivity index (χ0n) is 11.4. The third-order valence-electron chi connectivity index (χ3n) is 3.94. The fraction of sp³-hybridized carbons (Fsp3) is 0.533. The molecule has 1 N–H and O–H groups in total.